The fourth-order valence-corrected chi connectivity index (χ4v) is 1.69. The van der Waals surface area contributed by atoms with Crippen molar-refractivity contribution in [2.24, 2.45) is 0 Å². The van der Waals surface area contributed by atoms with E-state index in [9.17, 15) is 0 Å². The minimum absolute atomic E-state index is 0.134. The van der Waals surface area contributed by atoms with E-state index < -0.39 is 0 Å². The van der Waals surface area contributed by atoms with Crippen molar-refractivity contribution < 1.29 is 4.74 Å². The van der Waals surface area contributed by atoms with Crippen molar-refractivity contribution in [3.8, 4) is 6.01 Å². The molecule has 0 atom stereocenters. The topological polar surface area (TPSA) is 86.0 Å². The molecule has 0 saturated heterocycles. The number of nitrogens with one attached hydrogen (secondary N) is 1. The molecule has 0 bridgehead atoms. The molecule has 0 radical (unpaired) electrons. The van der Waals surface area contributed by atoms with Gasteiger partial charge in [-0.2, -0.15) is 15.0 Å². The van der Waals surface area contributed by atoms with E-state index in [0.717, 1.165) is 12.1 Å². The van der Waals surface area contributed by atoms with Gasteiger partial charge < -0.3 is 15.8 Å². The Labute approximate surface area is 112 Å². The summed E-state index contributed by atoms with van der Waals surface area (Å²) in [6, 6.07) is 8.20. The number of nitrogens with two attached hydrogens (primary N) is 1. The number of anilines is 3. The molecule has 0 saturated carbocycles. The largest absolute Gasteiger partial charge is 0.464 e. The number of rotatable bonds is 5. The first kappa shape index (κ1) is 13.1. The molecule has 0 unspecified atom stereocenters. The van der Waals surface area contributed by atoms with E-state index in [-0.39, 0.29) is 12.0 Å². The molecule has 100 valence electrons. The van der Waals surface area contributed by atoms with E-state index in [4.69, 9.17) is 10.5 Å². The zero-order valence-corrected chi connectivity index (χ0v) is 11.1. The Morgan fingerprint density at radius 1 is 1.16 bits per heavy atom. The van der Waals surface area contributed by atoms with Crippen LogP contribution < -0.4 is 15.8 Å². The fourth-order valence-electron chi connectivity index (χ4n) is 1.69. The Bertz CT molecular complexity index is 558. The van der Waals surface area contributed by atoms with Gasteiger partial charge in [0.15, 0.2) is 0 Å². The summed E-state index contributed by atoms with van der Waals surface area (Å²) in [5.74, 6) is 0.520. The van der Waals surface area contributed by atoms with Crippen LogP contribution in [0.15, 0.2) is 24.3 Å². The van der Waals surface area contributed by atoms with E-state index in [1.165, 1.54) is 5.56 Å². The monoisotopic (exact) mass is 259 g/mol. The normalized spacial score (nSPS) is 10.2. The summed E-state index contributed by atoms with van der Waals surface area (Å²) < 4.78 is 5.24. The highest BCUT2D eigenvalue weighted by atomic mass is 16.5. The maximum atomic E-state index is 5.63. The van der Waals surface area contributed by atoms with Gasteiger partial charge >= 0.3 is 6.01 Å². The van der Waals surface area contributed by atoms with Gasteiger partial charge in [0.05, 0.1) is 6.61 Å². The summed E-state index contributed by atoms with van der Waals surface area (Å²) in [7, 11) is 0. The number of hydrogen-bond acceptors (Lipinski definition) is 6. The second kappa shape index (κ2) is 5.99. The third-order valence-electron chi connectivity index (χ3n) is 2.55. The predicted octanol–water partition coefficient (Wildman–Crippen LogP) is 2.16. The number of nitrogens with zero attached hydrogens (tertiary/aromatic N) is 3. The van der Waals surface area contributed by atoms with Crippen molar-refractivity contribution in [1.29, 1.82) is 0 Å². The van der Waals surface area contributed by atoms with Gasteiger partial charge in [-0.3, -0.25) is 0 Å². The first-order chi connectivity index (χ1) is 9.22. The van der Waals surface area contributed by atoms with Crippen LogP contribution in [0.25, 0.3) is 0 Å². The average Bonchev–Trinajstić information content (AvgIpc) is 2.39. The van der Waals surface area contributed by atoms with Gasteiger partial charge in [-0.05, 0) is 25.0 Å². The smallest absolute Gasteiger partial charge is 0.323 e. The minimum atomic E-state index is 0.134. The summed E-state index contributed by atoms with van der Waals surface area (Å²) >= 11 is 0. The Balaban J connectivity index is 2.27. The quantitative estimate of drug-likeness (QED) is 0.855. The molecule has 0 spiro atoms. The summed E-state index contributed by atoms with van der Waals surface area (Å²) in [6.07, 6.45) is 0.919. The number of benzene rings is 1. The lowest BCUT2D eigenvalue weighted by Crippen LogP contribution is -2.07. The lowest BCUT2D eigenvalue weighted by atomic mass is 10.1. The molecule has 0 aliphatic carbocycles. The van der Waals surface area contributed by atoms with Crippen LogP contribution in [0.5, 0.6) is 6.01 Å². The van der Waals surface area contributed by atoms with Gasteiger partial charge in [-0.1, -0.05) is 25.1 Å². The predicted molar refractivity (Wildman–Crippen MR) is 74.5 cm³/mol. The van der Waals surface area contributed by atoms with Crippen LogP contribution in [0.2, 0.25) is 0 Å². The molecule has 1 heterocycles. The third kappa shape index (κ3) is 3.31. The Kier molecular flexibility index (Phi) is 4.12. The number of hydrogen-bond donors (Lipinski definition) is 2. The average molecular weight is 259 g/mol. The van der Waals surface area contributed by atoms with Crippen molar-refractivity contribution in [3.05, 3.63) is 29.8 Å². The molecule has 0 fully saturated rings. The molecule has 2 rings (SSSR count). The first-order valence-electron chi connectivity index (χ1n) is 6.22. The lowest BCUT2D eigenvalue weighted by Gasteiger charge is -2.10. The second-order valence-electron chi connectivity index (χ2n) is 3.87. The van der Waals surface area contributed by atoms with Gasteiger partial charge in [0, 0.05) is 5.69 Å². The third-order valence-corrected chi connectivity index (χ3v) is 2.55. The molecule has 0 amide bonds. The lowest BCUT2D eigenvalue weighted by molar-refractivity contribution is 0.312. The van der Waals surface area contributed by atoms with Crippen LogP contribution in [-0.2, 0) is 6.42 Å². The second-order valence-corrected chi connectivity index (χ2v) is 3.87. The number of para-hydroxylation sites is 1. The fraction of sp³-hybridized carbons (Fsp3) is 0.308. The molecule has 1 aromatic carbocycles. The van der Waals surface area contributed by atoms with Crippen LogP contribution in [-0.4, -0.2) is 21.6 Å². The number of aryl methyl sites for hydroxylation is 1. The van der Waals surface area contributed by atoms with E-state index in [2.05, 4.69) is 33.3 Å². The maximum Gasteiger partial charge on any atom is 0.323 e. The van der Waals surface area contributed by atoms with Crippen LogP contribution in [0.1, 0.15) is 19.4 Å². The summed E-state index contributed by atoms with van der Waals surface area (Å²) in [6.45, 7) is 4.43. The van der Waals surface area contributed by atoms with Gasteiger partial charge in [0.2, 0.25) is 11.9 Å². The van der Waals surface area contributed by atoms with Crippen LogP contribution in [0.4, 0.5) is 17.6 Å². The molecule has 6 heteroatoms. The highest BCUT2D eigenvalue weighted by Gasteiger charge is 2.07. The Hall–Kier alpha value is -2.37. The molecular weight excluding hydrogens is 242 g/mol. The molecular formula is C13H17N5O. The summed E-state index contributed by atoms with van der Waals surface area (Å²) in [4.78, 5) is 12.1. The van der Waals surface area contributed by atoms with Crippen LogP contribution >= 0.6 is 0 Å². The van der Waals surface area contributed by atoms with Gasteiger partial charge in [0.1, 0.15) is 0 Å². The van der Waals surface area contributed by atoms with E-state index in [1.807, 2.05) is 25.1 Å². The highest BCUT2D eigenvalue weighted by Crippen LogP contribution is 2.20. The Morgan fingerprint density at radius 3 is 2.68 bits per heavy atom. The number of ether oxygens (including phenoxy) is 1. The van der Waals surface area contributed by atoms with E-state index >= 15 is 0 Å². The van der Waals surface area contributed by atoms with Crippen molar-refractivity contribution in [3.63, 3.8) is 0 Å². The summed E-state index contributed by atoms with van der Waals surface area (Å²) in [5.41, 5.74) is 7.77. The number of nitrogen functional groups attached to an aromatic ring is 1. The zero-order valence-electron chi connectivity index (χ0n) is 11.1. The molecule has 6 nitrogen and oxygen atoms in total. The zero-order chi connectivity index (χ0) is 13.7. The molecule has 0 aliphatic heterocycles. The molecule has 2 aromatic rings. The van der Waals surface area contributed by atoms with Gasteiger partial charge in [-0.15, -0.1) is 0 Å². The first-order valence-corrected chi connectivity index (χ1v) is 6.22. The van der Waals surface area contributed by atoms with E-state index in [0.29, 0.717) is 12.6 Å². The van der Waals surface area contributed by atoms with Crippen molar-refractivity contribution in [2.75, 3.05) is 17.7 Å². The molecule has 3 N–H and O–H groups in total. The standard InChI is InChI=1S/C13H17N5O/c1-3-9-7-5-6-8-10(9)15-12-16-11(14)17-13(18-12)19-4-2/h5-8H,3-4H2,1-2H3,(H3,14,15,16,17,18). The Morgan fingerprint density at radius 2 is 1.95 bits per heavy atom. The number of aromatic nitrogens is 3. The van der Waals surface area contributed by atoms with Crippen molar-refractivity contribution in [1.82, 2.24) is 15.0 Å². The molecule has 0 aliphatic rings. The summed E-state index contributed by atoms with van der Waals surface area (Å²) in [5, 5.41) is 3.14. The minimum Gasteiger partial charge on any atom is -0.464 e. The highest BCUT2D eigenvalue weighted by molar-refractivity contribution is 5.59. The van der Waals surface area contributed by atoms with Crippen LogP contribution in [0.3, 0.4) is 0 Å². The molecule has 19 heavy (non-hydrogen) atoms. The molecule has 1 aromatic heterocycles. The van der Waals surface area contributed by atoms with E-state index in [1.54, 1.807) is 0 Å². The van der Waals surface area contributed by atoms with Crippen molar-refractivity contribution >= 4 is 17.6 Å². The van der Waals surface area contributed by atoms with Crippen molar-refractivity contribution in [2.45, 2.75) is 20.3 Å². The maximum absolute atomic E-state index is 5.63. The van der Waals surface area contributed by atoms with Gasteiger partial charge in [0.25, 0.3) is 0 Å². The SMILES string of the molecule is CCOc1nc(N)nc(Nc2ccccc2CC)n1. The van der Waals surface area contributed by atoms with Crippen LogP contribution in [0, 0.1) is 0 Å². The van der Waals surface area contributed by atoms with Gasteiger partial charge in [-0.25, -0.2) is 0 Å².